The van der Waals surface area contributed by atoms with Gasteiger partial charge in [-0.3, -0.25) is 0 Å². The predicted molar refractivity (Wildman–Crippen MR) is 79.5 cm³/mol. The maximum Gasteiger partial charge on any atom is 0.0818 e. The molecule has 92 valence electrons. The van der Waals surface area contributed by atoms with Crippen LogP contribution in [0.5, 0.6) is 0 Å². The Balaban J connectivity index is 3.12. The summed E-state index contributed by atoms with van der Waals surface area (Å²) in [5, 5.41) is 1.70. The minimum Gasteiger partial charge on any atom is -0.372 e. The van der Waals surface area contributed by atoms with Crippen LogP contribution < -0.4 is 0 Å². The molecule has 1 nitrogen and oxygen atoms in total. The Labute approximate surface area is 106 Å². The van der Waals surface area contributed by atoms with Gasteiger partial charge < -0.3 is 4.90 Å². The molecule has 16 heavy (non-hydrogen) atoms. The van der Waals surface area contributed by atoms with Crippen LogP contribution >= 0.6 is 11.8 Å². The van der Waals surface area contributed by atoms with Crippen molar-refractivity contribution in [3.8, 4) is 0 Å². The van der Waals surface area contributed by atoms with E-state index >= 15 is 0 Å². The summed E-state index contributed by atoms with van der Waals surface area (Å²) in [6, 6.07) is 0. The zero-order valence-corrected chi connectivity index (χ0v) is 13.6. The molecule has 0 aromatic heterocycles. The van der Waals surface area contributed by atoms with E-state index in [2.05, 4.69) is 51.6 Å². The van der Waals surface area contributed by atoms with Crippen LogP contribution in [0.25, 0.3) is 0 Å². The maximum absolute atomic E-state index is 2.52. The van der Waals surface area contributed by atoms with E-state index in [1.54, 1.807) is 15.8 Å². The molecule has 0 radical (unpaired) electrons. The third-order valence-corrected chi connectivity index (χ3v) is 6.28. The van der Waals surface area contributed by atoms with Crippen LogP contribution in [0.1, 0.15) is 20.8 Å². The van der Waals surface area contributed by atoms with E-state index in [-0.39, 0.29) is 0 Å². The summed E-state index contributed by atoms with van der Waals surface area (Å²) in [5.41, 5.74) is 3.09. The summed E-state index contributed by atoms with van der Waals surface area (Å²) in [5.74, 6) is 0. The van der Waals surface area contributed by atoms with Crippen molar-refractivity contribution in [3.63, 3.8) is 0 Å². The average Bonchev–Trinajstić information content (AvgIpc) is 2.20. The summed E-state index contributed by atoms with van der Waals surface area (Å²) in [6.45, 7) is 16.4. The molecule has 0 spiro atoms. The van der Waals surface area contributed by atoms with Gasteiger partial charge in [-0.1, -0.05) is 19.6 Å². The lowest BCUT2D eigenvalue weighted by molar-refractivity contribution is 0.383. The van der Waals surface area contributed by atoms with E-state index in [9.17, 15) is 0 Å². The SMILES string of the molecule is CCN(CC)C1=C([Si](C)(C)C)C(SC)=C1C. The molecule has 3 heteroatoms. The molecule has 1 aliphatic carbocycles. The number of rotatable bonds is 5. The lowest BCUT2D eigenvalue weighted by Gasteiger charge is -2.41. The summed E-state index contributed by atoms with van der Waals surface area (Å²) in [4.78, 5) is 4.09. The third kappa shape index (κ3) is 2.25. The van der Waals surface area contributed by atoms with Gasteiger partial charge in [0, 0.05) is 23.7 Å². The molecule has 0 N–H and O–H groups in total. The first kappa shape index (κ1) is 13.9. The molecule has 0 atom stereocenters. The number of allylic oxidation sites excluding steroid dienone is 2. The first-order valence-corrected chi connectivity index (χ1v) is 10.9. The van der Waals surface area contributed by atoms with Gasteiger partial charge in [-0.2, -0.15) is 0 Å². The number of likely N-dealkylation sites (N-methyl/N-ethyl adjacent to an activating group) is 1. The molecule has 1 aliphatic rings. The number of thioether (sulfide) groups is 1. The van der Waals surface area contributed by atoms with Crippen molar-refractivity contribution in [2.24, 2.45) is 0 Å². The Hall–Kier alpha value is -0.153. The first-order chi connectivity index (χ1) is 7.38. The van der Waals surface area contributed by atoms with Crippen LogP contribution in [0.4, 0.5) is 0 Å². The van der Waals surface area contributed by atoms with Crippen LogP contribution in [-0.2, 0) is 0 Å². The van der Waals surface area contributed by atoms with Gasteiger partial charge in [-0.15, -0.1) is 11.8 Å². The average molecular weight is 256 g/mol. The van der Waals surface area contributed by atoms with Gasteiger partial charge in [0.05, 0.1) is 8.07 Å². The van der Waals surface area contributed by atoms with Gasteiger partial charge >= 0.3 is 0 Å². The van der Waals surface area contributed by atoms with Gasteiger partial charge in [0.1, 0.15) is 0 Å². The Morgan fingerprint density at radius 3 is 1.94 bits per heavy atom. The van der Waals surface area contributed by atoms with Gasteiger partial charge in [-0.25, -0.2) is 0 Å². The molecule has 0 aliphatic heterocycles. The first-order valence-electron chi connectivity index (χ1n) is 6.13. The third-order valence-electron chi connectivity index (χ3n) is 3.19. The highest BCUT2D eigenvalue weighted by atomic mass is 32.2. The molecule has 0 amide bonds. The van der Waals surface area contributed by atoms with Crippen LogP contribution in [0.3, 0.4) is 0 Å². The van der Waals surface area contributed by atoms with E-state index < -0.39 is 8.07 Å². The molecule has 0 aromatic rings. The van der Waals surface area contributed by atoms with Crippen molar-refractivity contribution in [2.75, 3.05) is 19.3 Å². The van der Waals surface area contributed by atoms with E-state index in [0.29, 0.717) is 0 Å². The van der Waals surface area contributed by atoms with Gasteiger partial charge in [0.2, 0.25) is 0 Å². The van der Waals surface area contributed by atoms with Crippen molar-refractivity contribution in [1.82, 2.24) is 4.90 Å². The van der Waals surface area contributed by atoms with E-state index in [4.69, 9.17) is 0 Å². The molecular weight excluding hydrogens is 230 g/mol. The number of hydrogen-bond acceptors (Lipinski definition) is 2. The Morgan fingerprint density at radius 2 is 1.62 bits per heavy atom. The highest BCUT2D eigenvalue weighted by Crippen LogP contribution is 2.46. The Bertz CT molecular complexity index is 332. The molecule has 1 rings (SSSR count). The lowest BCUT2D eigenvalue weighted by atomic mass is 10.0. The smallest absolute Gasteiger partial charge is 0.0818 e. The summed E-state index contributed by atoms with van der Waals surface area (Å²) in [7, 11) is -1.20. The second kappa shape index (κ2) is 5.01. The largest absolute Gasteiger partial charge is 0.372 e. The molecule has 0 fully saturated rings. The molecule has 0 heterocycles. The number of nitrogens with zero attached hydrogens (tertiary/aromatic N) is 1. The summed E-state index contributed by atoms with van der Waals surface area (Å²) in [6.07, 6.45) is 2.21. The van der Waals surface area contributed by atoms with Crippen molar-refractivity contribution >= 4 is 19.8 Å². The number of hydrogen-bond donors (Lipinski definition) is 0. The monoisotopic (exact) mass is 255 g/mol. The molecule has 0 saturated heterocycles. The van der Waals surface area contributed by atoms with Gasteiger partial charge in [0.15, 0.2) is 0 Å². The molecule has 0 aromatic carbocycles. The minimum absolute atomic E-state index is 1.12. The fraction of sp³-hybridized carbons (Fsp3) is 0.692. The Kier molecular flexibility index (Phi) is 4.35. The standard InChI is InChI=1S/C13H25NSSi/c1-8-14(9-2)11-10(3)12(15-4)13(11)16(5,6)7/h8-9H2,1-7H3. The Morgan fingerprint density at radius 1 is 1.12 bits per heavy atom. The van der Waals surface area contributed by atoms with Crippen molar-refractivity contribution < 1.29 is 0 Å². The topological polar surface area (TPSA) is 3.24 Å². The van der Waals surface area contributed by atoms with Crippen LogP contribution in [-0.4, -0.2) is 32.3 Å². The molecular formula is C13H25NSSi. The molecule has 0 saturated carbocycles. The summed E-state index contributed by atoms with van der Waals surface area (Å²) < 4.78 is 0. The van der Waals surface area contributed by atoms with E-state index in [1.165, 1.54) is 5.57 Å². The highest BCUT2D eigenvalue weighted by molar-refractivity contribution is 8.02. The predicted octanol–water partition coefficient (Wildman–Crippen LogP) is 4.11. The quantitative estimate of drug-likeness (QED) is 0.680. The second-order valence-corrected chi connectivity index (χ2v) is 11.1. The summed E-state index contributed by atoms with van der Waals surface area (Å²) >= 11 is 1.93. The van der Waals surface area contributed by atoms with Crippen LogP contribution in [0.15, 0.2) is 21.4 Å². The van der Waals surface area contributed by atoms with E-state index in [1.807, 2.05) is 11.8 Å². The minimum atomic E-state index is -1.20. The van der Waals surface area contributed by atoms with Crippen LogP contribution in [0.2, 0.25) is 19.6 Å². The fourth-order valence-electron chi connectivity index (χ4n) is 2.41. The zero-order valence-electron chi connectivity index (χ0n) is 11.8. The molecule has 0 bridgehead atoms. The van der Waals surface area contributed by atoms with Crippen molar-refractivity contribution in [2.45, 2.75) is 40.4 Å². The maximum atomic E-state index is 2.52. The van der Waals surface area contributed by atoms with Gasteiger partial charge in [-0.05, 0) is 37.8 Å². The van der Waals surface area contributed by atoms with Gasteiger partial charge in [0.25, 0.3) is 0 Å². The lowest BCUT2D eigenvalue weighted by Crippen LogP contribution is -2.38. The van der Waals surface area contributed by atoms with E-state index in [0.717, 1.165) is 13.1 Å². The second-order valence-electron chi connectivity index (χ2n) is 5.30. The van der Waals surface area contributed by atoms with Crippen LogP contribution in [0, 0.1) is 0 Å². The van der Waals surface area contributed by atoms with Crippen molar-refractivity contribution in [1.29, 1.82) is 0 Å². The van der Waals surface area contributed by atoms with Crippen molar-refractivity contribution in [3.05, 3.63) is 21.4 Å². The molecule has 0 unspecified atom stereocenters. The normalized spacial score (nSPS) is 16.7. The highest BCUT2D eigenvalue weighted by Gasteiger charge is 2.36. The fourth-order valence-corrected chi connectivity index (χ4v) is 6.27. The zero-order chi connectivity index (χ0) is 12.5.